The number of esters is 2. The molecule has 0 bridgehead atoms. The lowest BCUT2D eigenvalue weighted by atomic mass is 10.1. The first-order valence-corrected chi connectivity index (χ1v) is 7.72. The van der Waals surface area contributed by atoms with E-state index in [9.17, 15) is 9.59 Å². The third kappa shape index (κ3) is 4.71. The van der Waals surface area contributed by atoms with E-state index in [1.165, 1.54) is 13.8 Å². The van der Waals surface area contributed by atoms with Crippen LogP contribution >= 0.6 is 0 Å². The average Bonchev–Trinajstić information content (AvgIpc) is 2.81. The molecule has 9 heteroatoms. The second-order valence-corrected chi connectivity index (χ2v) is 5.80. The summed E-state index contributed by atoms with van der Waals surface area (Å²) in [5.41, 5.74) is 6.59. The van der Waals surface area contributed by atoms with Crippen LogP contribution in [0.5, 0.6) is 0 Å². The van der Waals surface area contributed by atoms with Gasteiger partial charge in [0.05, 0.1) is 31.8 Å². The number of hydrogen-bond acceptors (Lipinski definition) is 9. The lowest BCUT2D eigenvalue weighted by Crippen LogP contribution is -2.32. The number of fused-ring (bicyclic) bond motifs is 1. The van der Waals surface area contributed by atoms with Crippen LogP contribution in [0.25, 0.3) is 0 Å². The molecule has 0 amide bonds. The van der Waals surface area contributed by atoms with Crippen LogP contribution in [0.15, 0.2) is 6.20 Å². The van der Waals surface area contributed by atoms with Crippen molar-refractivity contribution in [2.24, 2.45) is 5.92 Å². The van der Waals surface area contributed by atoms with Crippen LogP contribution in [-0.2, 0) is 19.1 Å². The maximum atomic E-state index is 11.0. The van der Waals surface area contributed by atoms with Gasteiger partial charge in [0.2, 0.25) is 5.95 Å². The number of nitrogen functional groups attached to an aromatic ring is 1. The Bertz CT molecular complexity index is 592. The maximum absolute atomic E-state index is 11.0. The van der Waals surface area contributed by atoms with Gasteiger partial charge >= 0.3 is 11.9 Å². The molecule has 132 valence electrons. The molecule has 0 unspecified atom stereocenters. The van der Waals surface area contributed by atoms with Crippen molar-refractivity contribution in [2.75, 3.05) is 49.0 Å². The predicted octanol–water partition coefficient (Wildman–Crippen LogP) is 0.405. The number of anilines is 3. The van der Waals surface area contributed by atoms with Crippen molar-refractivity contribution < 1.29 is 19.1 Å². The molecule has 1 aromatic heterocycles. The van der Waals surface area contributed by atoms with E-state index < -0.39 is 0 Å². The van der Waals surface area contributed by atoms with E-state index in [1.807, 2.05) is 11.9 Å². The van der Waals surface area contributed by atoms with Crippen LogP contribution in [0, 0.1) is 5.92 Å². The van der Waals surface area contributed by atoms with Gasteiger partial charge in [-0.1, -0.05) is 0 Å². The molecule has 1 aromatic rings. The highest BCUT2D eigenvalue weighted by atomic mass is 16.5. The summed E-state index contributed by atoms with van der Waals surface area (Å²) in [5, 5.41) is 0. The van der Waals surface area contributed by atoms with Gasteiger partial charge in [0.15, 0.2) is 5.82 Å². The molecule has 2 heterocycles. The minimum atomic E-state index is -0.352. The van der Waals surface area contributed by atoms with E-state index in [-0.39, 0.29) is 37.0 Å². The molecule has 1 aliphatic rings. The summed E-state index contributed by atoms with van der Waals surface area (Å²) >= 11 is 0. The number of nitrogens with zero attached hydrogens (tertiary/aromatic N) is 4. The second-order valence-electron chi connectivity index (χ2n) is 5.80. The van der Waals surface area contributed by atoms with E-state index in [1.54, 1.807) is 6.20 Å². The lowest BCUT2D eigenvalue weighted by Gasteiger charge is -2.22. The summed E-state index contributed by atoms with van der Waals surface area (Å²) in [6, 6.07) is 0. The Morgan fingerprint density at radius 2 is 1.92 bits per heavy atom. The fourth-order valence-electron chi connectivity index (χ4n) is 2.48. The van der Waals surface area contributed by atoms with Crippen molar-refractivity contribution in [1.82, 2.24) is 9.97 Å². The van der Waals surface area contributed by atoms with E-state index in [0.29, 0.717) is 19.6 Å². The van der Waals surface area contributed by atoms with E-state index in [0.717, 1.165) is 11.5 Å². The zero-order chi connectivity index (χ0) is 17.7. The average molecular weight is 337 g/mol. The number of nitrogens with two attached hydrogens (primary N) is 1. The SMILES string of the molecule is CC(=O)OCC(CCN1CN(C)c2cnc(N)nc21)COC(C)=O. The molecule has 0 saturated heterocycles. The van der Waals surface area contributed by atoms with Gasteiger partial charge < -0.3 is 25.0 Å². The van der Waals surface area contributed by atoms with Gasteiger partial charge in [-0.3, -0.25) is 9.59 Å². The number of aromatic nitrogens is 2. The van der Waals surface area contributed by atoms with E-state index in [4.69, 9.17) is 15.2 Å². The van der Waals surface area contributed by atoms with Crippen LogP contribution < -0.4 is 15.5 Å². The Labute approximate surface area is 140 Å². The standard InChI is InChI=1S/C15H23N5O4/c1-10(21)23-7-12(8-24-11(2)22)4-5-20-9-19(3)13-6-17-15(16)18-14(13)20/h6,12H,4-5,7-9H2,1-3H3,(H2,16,17,18). The van der Waals surface area contributed by atoms with Gasteiger partial charge in [0.25, 0.3) is 0 Å². The molecule has 0 saturated carbocycles. The third-order valence-corrected chi connectivity index (χ3v) is 3.71. The maximum Gasteiger partial charge on any atom is 0.302 e. The molecule has 0 aliphatic carbocycles. The molecule has 0 aromatic carbocycles. The Morgan fingerprint density at radius 3 is 2.50 bits per heavy atom. The molecule has 0 atom stereocenters. The normalized spacial score (nSPS) is 13.2. The van der Waals surface area contributed by atoms with Crippen molar-refractivity contribution in [3.63, 3.8) is 0 Å². The third-order valence-electron chi connectivity index (χ3n) is 3.71. The number of ether oxygens (including phenoxy) is 2. The highest BCUT2D eigenvalue weighted by Gasteiger charge is 2.26. The van der Waals surface area contributed by atoms with Crippen molar-refractivity contribution in [3.05, 3.63) is 6.20 Å². The van der Waals surface area contributed by atoms with Crippen LogP contribution in [0.2, 0.25) is 0 Å². The molecule has 0 spiro atoms. The molecule has 9 nitrogen and oxygen atoms in total. The van der Waals surface area contributed by atoms with Crippen molar-refractivity contribution in [1.29, 1.82) is 0 Å². The summed E-state index contributed by atoms with van der Waals surface area (Å²) in [5.74, 6) is 0.227. The zero-order valence-electron chi connectivity index (χ0n) is 14.2. The van der Waals surface area contributed by atoms with E-state index in [2.05, 4.69) is 14.9 Å². The molecule has 2 rings (SSSR count). The number of carbonyl (C=O) groups excluding carboxylic acids is 2. The van der Waals surface area contributed by atoms with Crippen LogP contribution in [0.3, 0.4) is 0 Å². The Hall–Kier alpha value is -2.58. The number of hydrogen-bond donors (Lipinski definition) is 1. The van der Waals surface area contributed by atoms with Gasteiger partial charge in [0, 0.05) is 33.4 Å². The van der Waals surface area contributed by atoms with Crippen molar-refractivity contribution in [2.45, 2.75) is 20.3 Å². The lowest BCUT2D eigenvalue weighted by molar-refractivity contribution is -0.146. The van der Waals surface area contributed by atoms with Gasteiger partial charge in [-0.25, -0.2) is 4.98 Å². The minimum absolute atomic E-state index is 0.0775. The molecular formula is C15H23N5O4. The number of carbonyl (C=O) groups is 2. The molecular weight excluding hydrogens is 314 g/mol. The minimum Gasteiger partial charge on any atom is -0.465 e. The monoisotopic (exact) mass is 337 g/mol. The summed E-state index contributed by atoms with van der Waals surface area (Å²) in [6.07, 6.45) is 2.38. The Balaban J connectivity index is 1.97. The molecule has 1 aliphatic heterocycles. The molecule has 0 radical (unpaired) electrons. The number of rotatable bonds is 7. The topological polar surface area (TPSA) is 111 Å². The predicted molar refractivity (Wildman–Crippen MR) is 88.4 cm³/mol. The Morgan fingerprint density at radius 1 is 1.29 bits per heavy atom. The van der Waals surface area contributed by atoms with Crippen LogP contribution in [0.1, 0.15) is 20.3 Å². The first-order valence-electron chi connectivity index (χ1n) is 7.72. The van der Waals surface area contributed by atoms with Gasteiger partial charge in [-0.05, 0) is 6.42 Å². The molecule has 2 N–H and O–H groups in total. The highest BCUT2D eigenvalue weighted by Crippen LogP contribution is 2.32. The van der Waals surface area contributed by atoms with Crippen LogP contribution in [0.4, 0.5) is 17.5 Å². The quantitative estimate of drug-likeness (QED) is 0.707. The molecule has 24 heavy (non-hydrogen) atoms. The highest BCUT2D eigenvalue weighted by molar-refractivity contribution is 5.72. The first-order chi connectivity index (χ1) is 11.4. The largest absolute Gasteiger partial charge is 0.465 e. The van der Waals surface area contributed by atoms with Gasteiger partial charge in [-0.2, -0.15) is 4.98 Å². The smallest absolute Gasteiger partial charge is 0.302 e. The fourth-order valence-corrected chi connectivity index (χ4v) is 2.48. The van der Waals surface area contributed by atoms with Gasteiger partial charge in [-0.15, -0.1) is 0 Å². The summed E-state index contributed by atoms with van der Waals surface area (Å²) in [7, 11) is 1.95. The molecule has 0 fully saturated rings. The van der Waals surface area contributed by atoms with Crippen LogP contribution in [-0.4, -0.2) is 55.4 Å². The first kappa shape index (κ1) is 17.8. The zero-order valence-corrected chi connectivity index (χ0v) is 14.2. The van der Waals surface area contributed by atoms with Gasteiger partial charge in [0.1, 0.15) is 0 Å². The summed E-state index contributed by atoms with van der Waals surface area (Å²) in [4.78, 5) is 34.4. The fraction of sp³-hybridized carbons (Fsp3) is 0.600. The van der Waals surface area contributed by atoms with E-state index >= 15 is 0 Å². The summed E-state index contributed by atoms with van der Waals surface area (Å²) < 4.78 is 10.1. The van der Waals surface area contributed by atoms with Crippen molar-refractivity contribution in [3.8, 4) is 0 Å². The summed E-state index contributed by atoms with van der Waals surface area (Å²) in [6.45, 7) is 4.47. The second kappa shape index (κ2) is 7.80. The Kier molecular flexibility index (Phi) is 5.78. The van der Waals surface area contributed by atoms with Crippen molar-refractivity contribution >= 4 is 29.4 Å².